The third kappa shape index (κ3) is 4.88. The van der Waals surface area contributed by atoms with E-state index in [4.69, 9.17) is 16.3 Å². The third-order valence-corrected chi connectivity index (χ3v) is 10.0. The van der Waals surface area contributed by atoms with E-state index >= 15 is 0 Å². The van der Waals surface area contributed by atoms with Crippen molar-refractivity contribution in [3.05, 3.63) is 70.3 Å². The zero-order valence-electron chi connectivity index (χ0n) is 21.3. The second-order valence-corrected chi connectivity index (χ2v) is 13.0. The second kappa shape index (κ2) is 10.2. The predicted molar refractivity (Wildman–Crippen MR) is 151 cm³/mol. The lowest BCUT2D eigenvalue weighted by Gasteiger charge is -2.43. The molecule has 6 rings (SSSR count). The first kappa shape index (κ1) is 25.1. The van der Waals surface area contributed by atoms with Crippen molar-refractivity contribution in [1.29, 1.82) is 0 Å². The molecule has 1 fully saturated rings. The van der Waals surface area contributed by atoms with Gasteiger partial charge in [-0.1, -0.05) is 36.7 Å². The molecule has 37 heavy (non-hydrogen) atoms. The Hall–Kier alpha value is -2.15. The molecule has 1 saturated carbocycles. The smallest absolute Gasteiger partial charge is 0.261 e. The first-order valence-electron chi connectivity index (χ1n) is 13.5. The fourth-order valence-corrected chi connectivity index (χ4v) is 7.42. The number of aliphatic hydroxyl groups is 1. The van der Waals surface area contributed by atoms with E-state index in [1.807, 2.05) is 30.3 Å². The van der Waals surface area contributed by atoms with Crippen LogP contribution < -0.4 is 14.4 Å². The van der Waals surface area contributed by atoms with E-state index in [-0.39, 0.29) is 22.5 Å². The molecule has 7 heteroatoms. The van der Waals surface area contributed by atoms with Crippen LogP contribution >= 0.6 is 23.5 Å². The maximum Gasteiger partial charge on any atom is 0.261 e. The van der Waals surface area contributed by atoms with Crippen molar-refractivity contribution >= 4 is 35.1 Å². The molecule has 5 nitrogen and oxygen atoms in total. The highest BCUT2D eigenvalue weighted by Crippen LogP contribution is 2.47. The van der Waals surface area contributed by atoms with E-state index in [1.165, 1.54) is 23.1 Å². The number of nitrogens with zero attached hydrogens (tertiary/aromatic N) is 1. The summed E-state index contributed by atoms with van der Waals surface area (Å²) in [6, 6.07) is 12.1. The van der Waals surface area contributed by atoms with Gasteiger partial charge in [0.25, 0.3) is 5.91 Å². The lowest BCUT2D eigenvalue weighted by molar-refractivity contribution is 0.0457. The van der Waals surface area contributed by atoms with Crippen molar-refractivity contribution < 1.29 is 14.6 Å². The van der Waals surface area contributed by atoms with Crippen LogP contribution in [0.2, 0.25) is 5.02 Å². The SMILES string of the molecule is C[C@@H]1CC/C=C/[C@H](O)[C@@H]2CC[C@H]2CN2C[C@@]3(CCc4cc(Cl)ccc43)COc3ccc(cc32)C(=O)NS1. The molecule has 0 saturated heterocycles. The van der Waals surface area contributed by atoms with Crippen molar-refractivity contribution in [2.75, 3.05) is 24.6 Å². The van der Waals surface area contributed by atoms with Crippen LogP contribution in [0.5, 0.6) is 5.75 Å². The van der Waals surface area contributed by atoms with Gasteiger partial charge in [-0.05, 0) is 104 Å². The number of carbonyl (C=O) groups excluding carboxylic acids is 1. The molecule has 0 radical (unpaired) electrons. The van der Waals surface area contributed by atoms with E-state index in [0.717, 1.165) is 68.1 Å². The van der Waals surface area contributed by atoms with Crippen LogP contribution in [-0.4, -0.2) is 42.1 Å². The monoisotopic (exact) mass is 538 g/mol. The molecule has 0 unspecified atom stereocenters. The number of nitrogens with one attached hydrogen (secondary N) is 1. The summed E-state index contributed by atoms with van der Waals surface area (Å²) >= 11 is 7.81. The highest BCUT2D eigenvalue weighted by Gasteiger charge is 2.45. The first-order valence-corrected chi connectivity index (χ1v) is 14.8. The number of rotatable bonds is 0. The van der Waals surface area contributed by atoms with Crippen molar-refractivity contribution in [3.63, 3.8) is 0 Å². The number of fused-ring (bicyclic) bond motifs is 4. The maximum atomic E-state index is 13.1. The number of aliphatic hydroxyl groups excluding tert-OH is 1. The van der Waals surface area contributed by atoms with Gasteiger partial charge < -0.3 is 14.7 Å². The highest BCUT2D eigenvalue weighted by molar-refractivity contribution is 7.98. The van der Waals surface area contributed by atoms with Gasteiger partial charge in [0.05, 0.1) is 18.4 Å². The Morgan fingerprint density at radius 2 is 2.08 bits per heavy atom. The number of carbonyl (C=O) groups is 1. The Labute approximate surface area is 228 Å². The topological polar surface area (TPSA) is 61.8 Å². The molecule has 5 atom stereocenters. The molecule has 2 heterocycles. The third-order valence-electron chi connectivity index (χ3n) is 8.87. The van der Waals surface area contributed by atoms with Crippen LogP contribution in [0.15, 0.2) is 48.6 Å². The van der Waals surface area contributed by atoms with Crippen molar-refractivity contribution in [1.82, 2.24) is 4.72 Å². The summed E-state index contributed by atoms with van der Waals surface area (Å²) in [4.78, 5) is 15.5. The van der Waals surface area contributed by atoms with Gasteiger partial charge in [0.1, 0.15) is 5.75 Å². The summed E-state index contributed by atoms with van der Waals surface area (Å²) in [5, 5.41) is 12.1. The average molecular weight is 539 g/mol. The van der Waals surface area contributed by atoms with Crippen LogP contribution in [0, 0.1) is 11.8 Å². The van der Waals surface area contributed by atoms with Crippen LogP contribution in [0.25, 0.3) is 0 Å². The number of amides is 1. The molecule has 2 aromatic rings. The molecule has 2 bridgehead atoms. The van der Waals surface area contributed by atoms with Crippen LogP contribution in [-0.2, 0) is 11.8 Å². The molecule has 196 valence electrons. The zero-order valence-corrected chi connectivity index (χ0v) is 22.9. The number of ether oxygens (including phenoxy) is 1. The number of hydrogen-bond donors (Lipinski definition) is 2. The summed E-state index contributed by atoms with van der Waals surface area (Å²) < 4.78 is 9.56. The minimum Gasteiger partial charge on any atom is -0.490 e. The van der Waals surface area contributed by atoms with Crippen LogP contribution in [0.3, 0.4) is 0 Å². The number of hydrogen-bond acceptors (Lipinski definition) is 5. The van der Waals surface area contributed by atoms with E-state index in [0.29, 0.717) is 18.1 Å². The molecule has 2 aliphatic carbocycles. The Balaban J connectivity index is 1.38. The Morgan fingerprint density at radius 3 is 2.92 bits per heavy atom. The number of benzene rings is 2. The lowest BCUT2D eigenvalue weighted by Crippen LogP contribution is -2.47. The van der Waals surface area contributed by atoms with Gasteiger partial charge in [0.2, 0.25) is 0 Å². The molecule has 1 amide bonds. The normalized spacial score (nSPS) is 32.4. The van der Waals surface area contributed by atoms with Gasteiger partial charge in [0, 0.05) is 34.3 Å². The van der Waals surface area contributed by atoms with Gasteiger partial charge in [0.15, 0.2) is 0 Å². The predicted octanol–water partition coefficient (Wildman–Crippen LogP) is 5.93. The largest absolute Gasteiger partial charge is 0.490 e. The minimum atomic E-state index is -0.411. The van der Waals surface area contributed by atoms with Crippen molar-refractivity contribution in [3.8, 4) is 5.75 Å². The molecular formula is C30H35ClN2O3S. The first-order chi connectivity index (χ1) is 17.9. The summed E-state index contributed by atoms with van der Waals surface area (Å²) in [7, 11) is 0. The summed E-state index contributed by atoms with van der Waals surface area (Å²) in [6.07, 6.45) is 9.69. The van der Waals surface area contributed by atoms with Gasteiger partial charge in [-0.3, -0.25) is 9.52 Å². The second-order valence-electron chi connectivity index (χ2n) is 11.3. The summed E-state index contributed by atoms with van der Waals surface area (Å²) in [5.41, 5.74) is 4.13. The van der Waals surface area contributed by atoms with Gasteiger partial charge >= 0.3 is 0 Å². The van der Waals surface area contributed by atoms with Crippen molar-refractivity contribution in [2.24, 2.45) is 11.8 Å². The number of anilines is 1. The molecule has 1 spiro atoms. The van der Waals surface area contributed by atoms with Crippen LogP contribution in [0.1, 0.15) is 60.5 Å². The molecule has 2 aliphatic heterocycles. The number of aryl methyl sites for hydroxylation is 1. The van der Waals surface area contributed by atoms with Gasteiger partial charge in [-0.2, -0.15) is 0 Å². The standard InChI is InChI=1S/C30H35ClN2O3S/c1-19-4-2-3-5-27(34)24-9-6-22(24)16-33-17-30(13-12-20-14-23(31)8-10-25(20)30)18-36-28-11-7-21(15-26(28)33)29(35)32-37-19/h3,5,7-8,10-11,14-15,19,22,24,27,34H,2,4,6,9,12-13,16-18H2,1H3,(H,32,35)/b5-3+/t19-,22+,24-,27+,30+/m1/s1. The van der Waals surface area contributed by atoms with E-state index in [2.05, 4.69) is 34.8 Å². The number of allylic oxidation sites excluding steroid dienone is 1. The lowest BCUT2D eigenvalue weighted by atomic mass is 9.70. The quantitative estimate of drug-likeness (QED) is 0.322. The van der Waals surface area contributed by atoms with Crippen LogP contribution in [0.4, 0.5) is 5.69 Å². The Bertz CT molecular complexity index is 1220. The molecular weight excluding hydrogens is 504 g/mol. The number of halogens is 1. The summed E-state index contributed by atoms with van der Waals surface area (Å²) in [5.74, 6) is 1.42. The molecule has 4 aliphatic rings. The molecule has 2 aromatic carbocycles. The van der Waals surface area contributed by atoms with Gasteiger partial charge in [-0.25, -0.2) is 0 Å². The van der Waals surface area contributed by atoms with E-state index in [9.17, 15) is 9.90 Å². The van der Waals surface area contributed by atoms with Crippen molar-refractivity contribution in [2.45, 2.75) is 62.2 Å². The fraction of sp³-hybridized carbons (Fsp3) is 0.500. The average Bonchev–Trinajstić information content (AvgIpc) is 3.13. The van der Waals surface area contributed by atoms with E-state index in [1.54, 1.807) is 0 Å². The molecule has 2 N–H and O–H groups in total. The van der Waals surface area contributed by atoms with E-state index < -0.39 is 6.10 Å². The maximum absolute atomic E-state index is 13.1. The fourth-order valence-electron chi connectivity index (χ4n) is 6.55. The van der Waals surface area contributed by atoms with Gasteiger partial charge in [-0.15, -0.1) is 0 Å². The highest BCUT2D eigenvalue weighted by atomic mass is 35.5. The molecule has 0 aromatic heterocycles. The summed E-state index contributed by atoms with van der Waals surface area (Å²) in [6.45, 7) is 4.39. The Kier molecular flexibility index (Phi) is 6.93. The zero-order chi connectivity index (χ0) is 25.6. The minimum absolute atomic E-state index is 0.0704. The Morgan fingerprint density at radius 1 is 1.19 bits per heavy atom.